The van der Waals surface area contributed by atoms with Crippen molar-refractivity contribution >= 4 is 5.91 Å². The first-order valence-electron chi connectivity index (χ1n) is 10.8. The molecule has 1 aromatic carbocycles. The van der Waals surface area contributed by atoms with Gasteiger partial charge in [-0.05, 0) is 51.6 Å². The topological polar surface area (TPSA) is 26.8 Å². The minimum atomic E-state index is 0.172. The van der Waals surface area contributed by atoms with Crippen LogP contribution in [0.15, 0.2) is 24.3 Å². The molecule has 0 N–H and O–H groups in total. The summed E-state index contributed by atoms with van der Waals surface area (Å²) in [4.78, 5) is 19.5. The molecule has 0 saturated carbocycles. The van der Waals surface area contributed by atoms with Crippen molar-refractivity contribution in [3.05, 3.63) is 35.4 Å². The van der Waals surface area contributed by atoms with Gasteiger partial charge in [-0.2, -0.15) is 0 Å². The maximum absolute atomic E-state index is 12.7. The molecule has 2 rings (SSSR count). The summed E-state index contributed by atoms with van der Waals surface area (Å²) in [6, 6.07) is 8.76. The summed E-state index contributed by atoms with van der Waals surface area (Å²) in [5.74, 6) is 0.172. The van der Waals surface area contributed by atoms with E-state index in [4.69, 9.17) is 0 Å². The molecule has 1 heterocycles. The first-order valence-corrected chi connectivity index (χ1v) is 10.8. The number of amides is 1. The van der Waals surface area contributed by atoms with Gasteiger partial charge in [0.05, 0.1) is 0 Å². The summed E-state index contributed by atoms with van der Waals surface area (Å²) < 4.78 is 0. The van der Waals surface area contributed by atoms with E-state index in [0.29, 0.717) is 6.04 Å². The van der Waals surface area contributed by atoms with Crippen LogP contribution in [0.1, 0.15) is 69.8 Å². The lowest BCUT2D eigenvalue weighted by Gasteiger charge is -2.37. The van der Waals surface area contributed by atoms with Crippen molar-refractivity contribution in [1.82, 2.24) is 14.7 Å². The zero-order valence-corrected chi connectivity index (χ0v) is 18.5. The Morgan fingerprint density at radius 3 is 2.15 bits per heavy atom. The van der Waals surface area contributed by atoms with Crippen molar-refractivity contribution in [1.29, 1.82) is 0 Å². The molecule has 0 unspecified atom stereocenters. The number of unbranched alkanes of at least 4 members (excludes halogenated alkanes) is 2. The van der Waals surface area contributed by atoms with E-state index < -0.39 is 0 Å². The average Bonchev–Trinajstić information content (AvgIpc) is 2.70. The van der Waals surface area contributed by atoms with E-state index in [9.17, 15) is 4.79 Å². The van der Waals surface area contributed by atoms with Gasteiger partial charge in [0.1, 0.15) is 0 Å². The van der Waals surface area contributed by atoms with Crippen LogP contribution in [0.3, 0.4) is 0 Å². The lowest BCUT2D eigenvalue weighted by atomic mass is 10.1. The number of nitrogens with zero attached hydrogens (tertiary/aromatic N) is 3. The third kappa shape index (κ3) is 8.02. The summed E-state index contributed by atoms with van der Waals surface area (Å²) in [5, 5.41) is 0. The Labute approximate surface area is 167 Å². The predicted octanol–water partition coefficient (Wildman–Crippen LogP) is 4.50. The molecule has 1 fully saturated rings. The molecule has 1 saturated heterocycles. The summed E-state index contributed by atoms with van der Waals surface area (Å²) in [7, 11) is 2.17. The van der Waals surface area contributed by atoms with E-state index in [1.165, 1.54) is 24.8 Å². The summed E-state index contributed by atoms with van der Waals surface area (Å²) in [5.41, 5.74) is 2.09. The molecule has 4 heteroatoms. The number of benzene rings is 1. The first-order chi connectivity index (χ1) is 13.0. The molecule has 0 spiro atoms. The van der Waals surface area contributed by atoms with E-state index in [2.05, 4.69) is 49.8 Å². The predicted molar refractivity (Wildman–Crippen MR) is 116 cm³/mol. The third-order valence-electron chi connectivity index (χ3n) is 5.13. The highest BCUT2D eigenvalue weighted by Crippen LogP contribution is 2.13. The Kier molecular flexibility index (Phi) is 11.3. The van der Waals surface area contributed by atoms with Crippen LogP contribution in [0.25, 0.3) is 0 Å². The molecule has 1 aromatic rings. The standard InChI is InChI=1S/C21H35N3O.C2H6/c1-5-6-7-12-22(4)17-19-8-10-20(11-9-19)21(25)24-15-13-23(14-16-24)18(2)3;1-2/h8-11,18H,5-7,12-17H2,1-4H3;1-2H3. The molecule has 0 aliphatic carbocycles. The van der Waals surface area contributed by atoms with E-state index in [1.54, 1.807) is 0 Å². The molecule has 4 nitrogen and oxygen atoms in total. The zero-order valence-electron chi connectivity index (χ0n) is 18.5. The van der Waals surface area contributed by atoms with Gasteiger partial charge in [0.2, 0.25) is 0 Å². The van der Waals surface area contributed by atoms with Crippen molar-refractivity contribution in [2.24, 2.45) is 0 Å². The number of hydrogen-bond donors (Lipinski definition) is 0. The second-order valence-electron chi connectivity index (χ2n) is 7.56. The van der Waals surface area contributed by atoms with Crippen LogP contribution >= 0.6 is 0 Å². The number of rotatable bonds is 8. The van der Waals surface area contributed by atoms with Gasteiger partial charge < -0.3 is 9.80 Å². The van der Waals surface area contributed by atoms with Gasteiger partial charge in [-0.1, -0.05) is 45.7 Å². The monoisotopic (exact) mass is 375 g/mol. The summed E-state index contributed by atoms with van der Waals surface area (Å²) >= 11 is 0. The van der Waals surface area contributed by atoms with Crippen molar-refractivity contribution in [2.75, 3.05) is 39.8 Å². The largest absolute Gasteiger partial charge is 0.336 e. The van der Waals surface area contributed by atoms with E-state index in [1.807, 2.05) is 30.9 Å². The maximum atomic E-state index is 12.7. The highest BCUT2D eigenvalue weighted by atomic mass is 16.2. The minimum Gasteiger partial charge on any atom is -0.336 e. The van der Waals surface area contributed by atoms with Gasteiger partial charge in [0, 0.05) is 44.3 Å². The average molecular weight is 376 g/mol. The van der Waals surface area contributed by atoms with Gasteiger partial charge in [0.15, 0.2) is 0 Å². The Bertz CT molecular complexity index is 519. The van der Waals surface area contributed by atoms with E-state index in [-0.39, 0.29) is 5.91 Å². The van der Waals surface area contributed by atoms with Crippen LogP contribution in [0.2, 0.25) is 0 Å². The molecule has 0 radical (unpaired) electrons. The molecular formula is C23H41N3O. The fourth-order valence-corrected chi connectivity index (χ4v) is 3.40. The number of piperazine rings is 1. The van der Waals surface area contributed by atoms with E-state index >= 15 is 0 Å². The SMILES string of the molecule is CC.CCCCCN(C)Cc1ccc(C(=O)N2CCN(C(C)C)CC2)cc1. The Morgan fingerprint density at radius 2 is 1.63 bits per heavy atom. The molecule has 1 aliphatic heterocycles. The van der Waals surface area contributed by atoms with Crippen molar-refractivity contribution in [3.8, 4) is 0 Å². The third-order valence-corrected chi connectivity index (χ3v) is 5.13. The van der Waals surface area contributed by atoms with Crippen molar-refractivity contribution in [3.63, 3.8) is 0 Å². The van der Waals surface area contributed by atoms with Crippen LogP contribution < -0.4 is 0 Å². The highest BCUT2D eigenvalue weighted by molar-refractivity contribution is 5.94. The fraction of sp³-hybridized carbons (Fsp3) is 0.696. The minimum absolute atomic E-state index is 0.172. The molecule has 0 aromatic heterocycles. The first kappa shape index (κ1) is 23.6. The lowest BCUT2D eigenvalue weighted by Crippen LogP contribution is -2.50. The molecule has 154 valence electrons. The Morgan fingerprint density at radius 1 is 1.04 bits per heavy atom. The number of carbonyl (C=O) groups excluding carboxylic acids is 1. The smallest absolute Gasteiger partial charge is 0.253 e. The van der Waals surface area contributed by atoms with Gasteiger partial charge in [-0.15, -0.1) is 0 Å². The van der Waals surface area contributed by atoms with Crippen molar-refractivity contribution < 1.29 is 4.79 Å². The second-order valence-corrected chi connectivity index (χ2v) is 7.56. The van der Waals surface area contributed by atoms with Gasteiger partial charge >= 0.3 is 0 Å². The summed E-state index contributed by atoms with van der Waals surface area (Å²) in [6.45, 7) is 16.4. The van der Waals surface area contributed by atoms with Gasteiger partial charge in [-0.3, -0.25) is 9.69 Å². The lowest BCUT2D eigenvalue weighted by molar-refractivity contribution is 0.0595. The molecule has 0 atom stereocenters. The molecule has 27 heavy (non-hydrogen) atoms. The van der Waals surface area contributed by atoms with Gasteiger partial charge in [0.25, 0.3) is 5.91 Å². The zero-order chi connectivity index (χ0) is 20.2. The summed E-state index contributed by atoms with van der Waals surface area (Å²) in [6.07, 6.45) is 3.81. The number of carbonyl (C=O) groups is 1. The molecule has 0 bridgehead atoms. The molecule has 1 aliphatic rings. The molecule has 1 amide bonds. The van der Waals surface area contributed by atoms with Crippen LogP contribution in [-0.4, -0.2) is 66.4 Å². The number of hydrogen-bond acceptors (Lipinski definition) is 3. The van der Waals surface area contributed by atoms with E-state index in [0.717, 1.165) is 44.8 Å². The fourth-order valence-electron chi connectivity index (χ4n) is 3.40. The van der Waals surface area contributed by atoms with Crippen LogP contribution in [0, 0.1) is 0 Å². The van der Waals surface area contributed by atoms with Crippen LogP contribution in [0.5, 0.6) is 0 Å². The van der Waals surface area contributed by atoms with Crippen LogP contribution in [-0.2, 0) is 6.54 Å². The second kappa shape index (κ2) is 12.9. The van der Waals surface area contributed by atoms with Crippen LogP contribution in [0.4, 0.5) is 0 Å². The highest BCUT2D eigenvalue weighted by Gasteiger charge is 2.23. The Balaban J connectivity index is 0.00000176. The maximum Gasteiger partial charge on any atom is 0.253 e. The van der Waals surface area contributed by atoms with Crippen molar-refractivity contribution in [2.45, 2.75) is 66.5 Å². The quantitative estimate of drug-likeness (QED) is 0.626. The normalized spacial score (nSPS) is 15.0. The molecular weight excluding hydrogens is 334 g/mol. The van der Waals surface area contributed by atoms with Gasteiger partial charge in [-0.25, -0.2) is 0 Å². The Hall–Kier alpha value is -1.39.